The SMILES string of the molecule is Cn1cc2c(cc1=O)CCN(C(=O)c1ccc(C3CCOC3)cc1)C2. The van der Waals surface area contributed by atoms with E-state index in [1.165, 1.54) is 5.56 Å². The summed E-state index contributed by atoms with van der Waals surface area (Å²) in [6.45, 7) is 2.80. The highest BCUT2D eigenvalue weighted by molar-refractivity contribution is 5.94. The van der Waals surface area contributed by atoms with Crippen LogP contribution in [0.3, 0.4) is 0 Å². The van der Waals surface area contributed by atoms with E-state index in [1.54, 1.807) is 17.7 Å². The van der Waals surface area contributed by atoms with Crippen molar-refractivity contribution in [2.45, 2.75) is 25.3 Å². The third-order valence-electron chi connectivity index (χ3n) is 5.27. The minimum atomic E-state index is 0.00464. The number of aryl methyl sites for hydroxylation is 1. The topological polar surface area (TPSA) is 51.5 Å². The Morgan fingerprint density at radius 1 is 1.20 bits per heavy atom. The fourth-order valence-electron chi connectivity index (χ4n) is 3.69. The Morgan fingerprint density at radius 2 is 2.00 bits per heavy atom. The largest absolute Gasteiger partial charge is 0.381 e. The number of rotatable bonds is 2. The number of ether oxygens (including phenoxy) is 1. The van der Waals surface area contributed by atoms with E-state index >= 15 is 0 Å². The zero-order valence-electron chi connectivity index (χ0n) is 14.4. The quantitative estimate of drug-likeness (QED) is 0.842. The summed E-state index contributed by atoms with van der Waals surface area (Å²) >= 11 is 0. The molecule has 0 aliphatic carbocycles. The summed E-state index contributed by atoms with van der Waals surface area (Å²) in [6.07, 6.45) is 3.63. The van der Waals surface area contributed by atoms with Gasteiger partial charge < -0.3 is 14.2 Å². The lowest BCUT2D eigenvalue weighted by molar-refractivity contribution is 0.0734. The van der Waals surface area contributed by atoms with Gasteiger partial charge in [0, 0.05) is 50.5 Å². The molecule has 130 valence electrons. The van der Waals surface area contributed by atoms with E-state index in [1.807, 2.05) is 35.4 Å². The van der Waals surface area contributed by atoms with E-state index in [9.17, 15) is 9.59 Å². The molecule has 0 radical (unpaired) electrons. The van der Waals surface area contributed by atoms with Crippen LogP contribution in [-0.4, -0.2) is 35.1 Å². The van der Waals surface area contributed by atoms with Crippen LogP contribution in [0.5, 0.6) is 0 Å². The van der Waals surface area contributed by atoms with Crippen molar-refractivity contribution >= 4 is 5.91 Å². The second kappa shape index (κ2) is 6.48. The molecule has 4 rings (SSSR count). The van der Waals surface area contributed by atoms with E-state index in [2.05, 4.69) is 0 Å². The number of amides is 1. The van der Waals surface area contributed by atoms with Crippen molar-refractivity contribution in [3.63, 3.8) is 0 Å². The van der Waals surface area contributed by atoms with Crippen LogP contribution in [0, 0.1) is 0 Å². The predicted molar refractivity (Wildman–Crippen MR) is 94.7 cm³/mol. The van der Waals surface area contributed by atoms with Gasteiger partial charge in [-0.05, 0) is 41.7 Å². The van der Waals surface area contributed by atoms with Gasteiger partial charge in [0.15, 0.2) is 0 Å². The number of hydrogen-bond acceptors (Lipinski definition) is 3. The molecular formula is C20H22N2O3. The van der Waals surface area contributed by atoms with Crippen LogP contribution in [0.25, 0.3) is 0 Å². The summed E-state index contributed by atoms with van der Waals surface area (Å²) in [7, 11) is 1.74. The summed E-state index contributed by atoms with van der Waals surface area (Å²) in [5, 5.41) is 0. The zero-order valence-corrected chi connectivity index (χ0v) is 14.4. The minimum Gasteiger partial charge on any atom is -0.381 e. The molecule has 1 fully saturated rings. The smallest absolute Gasteiger partial charge is 0.254 e. The van der Waals surface area contributed by atoms with Crippen molar-refractivity contribution in [2.24, 2.45) is 7.05 Å². The van der Waals surface area contributed by atoms with Gasteiger partial charge >= 0.3 is 0 Å². The Labute approximate surface area is 146 Å². The summed E-state index contributed by atoms with van der Waals surface area (Å²) in [5.74, 6) is 0.501. The van der Waals surface area contributed by atoms with Crippen molar-refractivity contribution in [1.82, 2.24) is 9.47 Å². The summed E-state index contributed by atoms with van der Waals surface area (Å²) in [5.41, 5.74) is 4.08. The van der Waals surface area contributed by atoms with Gasteiger partial charge in [0.25, 0.3) is 11.5 Å². The van der Waals surface area contributed by atoms with Crippen LogP contribution in [-0.2, 0) is 24.8 Å². The number of aromatic nitrogens is 1. The molecule has 0 N–H and O–H groups in total. The molecule has 3 heterocycles. The Balaban J connectivity index is 1.51. The first-order valence-electron chi connectivity index (χ1n) is 8.77. The van der Waals surface area contributed by atoms with E-state index < -0.39 is 0 Å². The summed E-state index contributed by atoms with van der Waals surface area (Å²) < 4.78 is 7.01. The molecule has 2 aliphatic rings. The third-order valence-corrected chi connectivity index (χ3v) is 5.27. The number of nitrogens with zero attached hydrogens (tertiary/aromatic N) is 2. The number of carbonyl (C=O) groups is 1. The monoisotopic (exact) mass is 338 g/mol. The van der Waals surface area contributed by atoms with Crippen LogP contribution in [0.1, 0.15) is 39.4 Å². The normalized spacial score (nSPS) is 19.7. The molecule has 1 saturated heterocycles. The summed E-state index contributed by atoms with van der Waals surface area (Å²) in [6, 6.07) is 9.64. The van der Waals surface area contributed by atoms with Gasteiger partial charge in [-0.15, -0.1) is 0 Å². The highest BCUT2D eigenvalue weighted by Gasteiger charge is 2.23. The number of pyridine rings is 1. The number of carbonyl (C=O) groups excluding carboxylic acids is 1. The van der Waals surface area contributed by atoms with Crippen LogP contribution in [0.4, 0.5) is 0 Å². The Bertz CT molecular complexity index is 848. The van der Waals surface area contributed by atoms with Gasteiger partial charge in [-0.25, -0.2) is 0 Å². The highest BCUT2D eigenvalue weighted by Crippen LogP contribution is 2.26. The van der Waals surface area contributed by atoms with Gasteiger partial charge in [-0.3, -0.25) is 9.59 Å². The molecule has 0 saturated carbocycles. The average Bonchev–Trinajstić information content (AvgIpc) is 3.16. The van der Waals surface area contributed by atoms with Crippen molar-refractivity contribution in [3.8, 4) is 0 Å². The number of benzene rings is 1. The predicted octanol–water partition coefficient (Wildman–Crippen LogP) is 2.09. The van der Waals surface area contributed by atoms with Crippen molar-refractivity contribution < 1.29 is 9.53 Å². The maximum Gasteiger partial charge on any atom is 0.254 e. The molecule has 1 aromatic heterocycles. The molecular weight excluding hydrogens is 316 g/mol. The molecule has 1 unspecified atom stereocenters. The molecule has 0 spiro atoms. The lowest BCUT2D eigenvalue weighted by atomic mass is 9.97. The van der Waals surface area contributed by atoms with Crippen LogP contribution in [0.2, 0.25) is 0 Å². The standard InChI is InChI=1S/C20H22N2O3/c1-21-11-18-12-22(8-6-16(18)10-19(21)23)20(24)15-4-2-14(3-5-15)17-7-9-25-13-17/h2-5,10-11,17H,6-9,12-13H2,1H3. The van der Waals surface area contributed by atoms with Crippen LogP contribution >= 0.6 is 0 Å². The zero-order chi connectivity index (χ0) is 17.4. The van der Waals surface area contributed by atoms with Gasteiger partial charge in [0.2, 0.25) is 0 Å². The van der Waals surface area contributed by atoms with E-state index in [4.69, 9.17) is 4.74 Å². The molecule has 5 nitrogen and oxygen atoms in total. The maximum atomic E-state index is 12.8. The molecule has 1 atom stereocenters. The first-order chi connectivity index (χ1) is 12.1. The maximum absolute atomic E-state index is 12.8. The van der Waals surface area contributed by atoms with E-state index in [0.717, 1.165) is 42.7 Å². The van der Waals surface area contributed by atoms with Crippen molar-refractivity contribution in [2.75, 3.05) is 19.8 Å². The first kappa shape index (κ1) is 16.1. The minimum absolute atomic E-state index is 0.00464. The lowest BCUT2D eigenvalue weighted by Crippen LogP contribution is -2.37. The fraction of sp³-hybridized carbons (Fsp3) is 0.400. The molecule has 25 heavy (non-hydrogen) atoms. The highest BCUT2D eigenvalue weighted by atomic mass is 16.5. The lowest BCUT2D eigenvalue weighted by Gasteiger charge is -2.29. The van der Waals surface area contributed by atoms with Gasteiger partial charge in [0.1, 0.15) is 0 Å². The molecule has 2 aliphatic heterocycles. The van der Waals surface area contributed by atoms with Crippen LogP contribution in [0.15, 0.2) is 41.3 Å². The van der Waals surface area contributed by atoms with E-state index in [0.29, 0.717) is 19.0 Å². The summed E-state index contributed by atoms with van der Waals surface area (Å²) in [4.78, 5) is 26.4. The van der Waals surface area contributed by atoms with Crippen molar-refractivity contribution in [1.29, 1.82) is 0 Å². The Morgan fingerprint density at radius 3 is 2.72 bits per heavy atom. The Kier molecular flexibility index (Phi) is 4.17. The van der Waals surface area contributed by atoms with Gasteiger partial charge in [-0.2, -0.15) is 0 Å². The second-order valence-corrected chi connectivity index (χ2v) is 6.93. The third kappa shape index (κ3) is 3.12. The Hall–Kier alpha value is -2.40. The molecule has 0 bridgehead atoms. The molecule has 2 aromatic rings. The average molecular weight is 338 g/mol. The van der Waals surface area contributed by atoms with Gasteiger partial charge in [0.05, 0.1) is 6.61 Å². The molecule has 1 aromatic carbocycles. The molecule has 5 heteroatoms. The molecule has 1 amide bonds. The van der Waals surface area contributed by atoms with E-state index in [-0.39, 0.29) is 11.5 Å². The second-order valence-electron chi connectivity index (χ2n) is 6.93. The van der Waals surface area contributed by atoms with Crippen LogP contribution < -0.4 is 5.56 Å². The van der Waals surface area contributed by atoms with Gasteiger partial charge in [-0.1, -0.05) is 12.1 Å². The van der Waals surface area contributed by atoms with Crippen molar-refractivity contribution in [3.05, 3.63) is 69.1 Å². The number of hydrogen-bond donors (Lipinski definition) is 0. The number of fused-ring (bicyclic) bond motifs is 1. The fourth-order valence-corrected chi connectivity index (χ4v) is 3.69. The first-order valence-corrected chi connectivity index (χ1v) is 8.77.